The SMILES string of the molecule is c1ccc2nc(-c3cc(-c4cccc5c4oc4ccccc45)cc(-c4cccc5c4[nH]c4ccccc45)n3)ccc2c1. The summed E-state index contributed by atoms with van der Waals surface area (Å²) in [6.07, 6.45) is 0. The molecule has 0 saturated carbocycles. The van der Waals surface area contributed by atoms with Crippen molar-refractivity contribution in [2.24, 2.45) is 0 Å². The third-order valence-corrected chi connectivity index (χ3v) is 8.22. The highest BCUT2D eigenvalue weighted by Crippen LogP contribution is 2.39. The van der Waals surface area contributed by atoms with Crippen LogP contribution in [-0.4, -0.2) is 15.0 Å². The van der Waals surface area contributed by atoms with Gasteiger partial charge in [-0.1, -0.05) is 97.1 Å². The molecule has 1 N–H and O–H groups in total. The first-order valence-electron chi connectivity index (χ1n) is 14.1. The molecule has 0 unspecified atom stereocenters. The molecular formula is C38H23N3O. The molecule has 0 spiro atoms. The van der Waals surface area contributed by atoms with Crippen LogP contribution in [0.25, 0.3) is 88.4 Å². The van der Waals surface area contributed by atoms with Crippen LogP contribution in [0.2, 0.25) is 0 Å². The molecule has 0 aliphatic carbocycles. The van der Waals surface area contributed by atoms with Gasteiger partial charge in [0.2, 0.25) is 0 Å². The van der Waals surface area contributed by atoms with Gasteiger partial charge >= 0.3 is 0 Å². The zero-order chi connectivity index (χ0) is 27.6. The minimum atomic E-state index is 0.814. The highest BCUT2D eigenvalue weighted by Gasteiger charge is 2.17. The number of para-hydroxylation sites is 5. The van der Waals surface area contributed by atoms with Crippen LogP contribution in [-0.2, 0) is 0 Å². The van der Waals surface area contributed by atoms with Crippen LogP contribution in [0.4, 0.5) is 0 Å². The van der Waals surface area contributed by atoms with Gasteiger partial charge < -0.3 is 9.40 Å². The average molecular weight is 538 g/mol. The van der Waals surface area contributed by atoms with Crippen molar-refractivity contribution in [3.8, 4) is 33.8 Å². The van der Waals surface area contributed by atoms with E-state index in [1.54, 1.807) is 0 Å². The minimum Gasteiger partial charge on any atom is -0.455 e. The maximum absolute atomic E-state index is 6.45. The van der Waals surface area contributed by atoms with Crippen LogP contribution in [0.15, 0.2) is 138 Å². The molecular weight excluding hydrogens is 514 g/mol. The fraction of sp³-hybridized carbons (Fsp3) is 0. The Labute approximate surface area is 240 Å². The van der Waals surface area contributed by atoms with Crippen LogP contribution < -0.4 is 0 Å². The van der Waals surface area contributed by atoms with Gasteiger partial charge in [-0.25, -0.2) is 9.97 Å². The van der Waals surface area contributed by atoms with Crippen molar-refractivity contribution in [1.82, 2.24) is 15.0 Å². The summed E-state index contributed by atoms with van der Waals surface area (Å²) in [5, 5.41) is 5.70. The van der Waals surface area contributed by atoms with E-state index in [-0.39, 0.29) is 0 Å². The molecule has 0 aliphatic rings. The average Bonchev–Trinajstić information content (AvgIpc) is 3.63. The number of benzene rings is 5. The molecule has 9 aromatic rings. The number of fused-ring (bicyclic) bond motifs is 7. The highest BCUT2D eigenvalue weighted by molar-refractivity contribution is 6.12. The molecule has 4 heteroatoms. The number of aromatic nitrogens is 3. The Morgan fingerprint density at radius 1 is 0.500 bits per heavy atom. The van der Waals surface area contributed by atoms with Crippen molar-refractivity contribution in [2.45, 2.75) is 0 Å². The van der Waals surface area contributed by atoms with Crippen molar-refractivity contribution in [2.75, 3.05) is 0 Å². The number of nitrogens with one attached hydrogen (secondary N) is 1. The first-order chi connectivity index (χ1) is 20.8. The lowest BCUT2D eigenvalue weighted by molar-refractivity contribution is 0.670. The molecule has 4 aromatic heterocycles. The molecule has 0 fully saturated rings. The molecule has 196 valence electrons. The van der Waals surface area contributed by atoms with Gasteiger partial charge in [-0.3, -0.25) is 0 Å². The molecule has 0 atom stereocenters. The Morgan fingerprint density at radius 3 is 2.19 bits per heavy atom. The molecule has 0 aliphatic heterocycles. The predicted octanol–water partition coefficient (Wildman–Crippen LogP) is 10.2. The second-order valence-electron chi connectivity index (χ2n) is 10.7. The first kappa shape index (κ1) is 23.0. The Balaban J connectivity index is 1.34. The summed E-state index contributed by atoms with van der Waals surface area (Å²) < 4.78 is 6.45. The summed E-state index contributed by atoms with van der Waals surface area (Å²) in [4.78, 5) is 13.9. The van der Waals surface area contributed by atoms with Crippen LogP contribution in [0, 0.1) is 0 Å². The van der Waals surface area contributed by atoms with E-state index in [0.29, 0.717) is 0 Å². The van der Waals surface area contributed by atoms with Gasteiger partial charge in [-0.15, -0.1) is 0 Å². The maximum Gasteiger partial charge on any atom is 0.143 e. The van der Waals surface area contributed by atoms with Crippen LogP contribution in [0.1, 0.15) is 0 Å². The van der Waals surface area contributed by atoms with Gasteiger partial charge in [0.1, 0.15) is 11.2 Å². The third-order valence-electron chi connectivity index (χ3n) is 8.22. The quantitative estimate of drug-likeness (QED) is 0.244. The van der Waals surface area contributed by atoms with Crippen molar-refractivity contribution in [3.05, 3.63) is 133 Å². The summed E-state index contributed by atoms with van der Waals surface area (Å²) in [5.74, 6) is 0. The Hall–Kier alpha value is -5.74. The maximum atomic E-state index is 6.45. The Bertz CT molecular complexity index is 2350. The second kappa shape index (κ2) is 8.88. The molecule has 0 amide bonds. The van der Waals surface area contributed by atoms with Crippen molar-refractivity contribution < 1.29 is 4.42 Å². The molecule has 0 saturated heterocycles. The largest absolute Gasteiger partial charge is 0.455 e. The van der Waals surface area contributed by atoms with Gasteiger partial charge in [0.15, 0.2) is 0 Å². The first-order valence-corrected chi connectivity index (χ1v) is 14.1. The molecule has 9 rings (SSSR count). The molecule has 0 bridgehead atoms. The van der Waals surface area contributed by atoms with Crippen LogP contribution >= 0.6 is 0 Å². The molecule has 4 heterocycles. The number of H-pyrrole nitrogens is 1. The van der Waals surface area contributed by atoms with Crippen LogP contribution in [0.5, 0.6) is 0 Å². The van der Waals surface area contributed by atoms with E-state index < -0.39 is 0 Å². The molecule has 4 nitrogen and oxygen atoms in total. The Kier molecular flexibility index (Phi) is 4.87. The summed E-state index contributed by atoms with van der Waals surface area (Å²) in [6, 6.07) is 46.1. The number of rotatable bonds is 3. The standard InChI is InChI=1S/C38H23N3O/c1-4-16-31-23(9-1)19-20-33(39-31)35-22-24(25-12-7-14-29-27-11-3-6-18-36(27)42-38(25)29)21-34(40-35)30-15-8-13-28-26-10-2-5-17-32(26)41-37(28)30/h1-22,41H. The van der Waals surface area contributed by atoms with Gasteiger partial charge in [-0.2, -0.15) is 0 Å². The number of pyridine rings is 2. The zero-order valence-electron chi connectivity index (χ0n) is 22.5. The number of aromatic amines is 1. The number of hydrogen-bond donors (Lipinski definition) is 1. The minimum absolute atomic E-state index is 0.814. The number of nitrogens with zero attached hydrogens (tertiary/aromatic N) is 2. The van der Waals surface area contributed by atoms with E-state index in [1.165, 1.54) is 10.8 Å². The van der Waals surface area contributed by atoms with Crippen molar-refractivity contribution >= 4 is 54.6 Å². The van der Waals surface area contributed by atoms with Gasteiger partial charge in [-0.05, 0) is 42.0 Å². The van der Waals surface area contributed by atoms with Crippen molar-refractivity contribution in [3.63, 3.8) is 0 Å². The smallest absolute Gasteiger partial charge is 0.143 e. The fourth-order valence-corrected chi connectivity index (χ4v) is 6.22. The van der Waals surface area contributed by atoms with E-state index in [2.05, 4.69) is 108 Å². The lowest BCUT2D eigenvalue weighted by Gasteiger charge is -2.11. The zero-order valence-corrected chi connectivity index (χ0v) is 22.5. The second-order valence-corrected chi connectivity index (χ2v) is 10.7. The van der Waals surface area contributed by atoms with E-state index in [1.807, 2.05) is 30.3 Å². The number of furan rings is 1. The van der Waals surface area contributed by atoms with Gasteiger partial charge in [0.05, 0.1) is 28.1 Å². The summed E-state index contributed by atoms with van der Waals surface area (Å²) >= 11 is 0. The summed E-state index contributed by atoms with van der Waals surface area (Å²) in [6.45, 7) is 0. The molecule has 42 heavy (non-hydrogen) atoms. The van der Waals surface area contributed by atoms with Gasteiger partial charge in [0, 0.05) is 43.6 Å². The van der Waals surface area contributed by atoms with Crippen molar-refractivity contribution in [1.29, 1.82) is 0 Å². The summed E-state index contributed by atoms with van der Waals surface area (Å²) in [7, 11) is 0. The van der Waals surface area contributed by atoms with E-state index in [9.17, 15) is 0 Å². The molecule has 5 aromatic carbocycles. The third kappa shape index (κ3) is 3.49. The topological polar surface area (TPSA) is 54.7 Å². The highest BCUT2D eigenvalue weighted by atomic mass is 16.3. The lowest BCUT2D eigenvalue weighted by Crippen LogP contribution is -1.94. The monoisotopic (exact) mass is 537 g/mol. The van der Waals surface area contributed by atoms with E-state index >= 15 is 0 Å². The van der Waals surface area contributed by atoms with Crippen LogP contribution in [0.3, 0.4) is 0 Å². The molecule has 0 radical (unpaired) electrons. The van der Waals surface area contributed by atoms with E-state index in [0.717, 1.165) is 77.6 Å². The van der Waals surface area contributed by atoms with Gasteiger partial charge in [0.25, 0.3) is 0 Å². The Morgan fingerprint density at radius 2 is 1.24 bits per heavy atom. The fourth-order valence-electron chi connectivity index (χ4n) is 6.22. The van der Waals surface area contributed by atoms with E-state index in [4.69, 9.17) is 14.4 Å². The predicted molar refractivity (Wildman–Crippen MR) is 172 cm³/mol. The lowest BCUT2D eigenvalue weighted by atomic mass is 9.98. The normalized spacial score (nSPS) is 11.8. The summed E-state index contributed by atoms with van der Waals surface area (Å²) in [5.41, 5.74) is 10.5. The number of hydrogen-bond acceptors (Lipinski definition) is 3.